The second-order valence-corrected chi connectivity index (χ2v) is 10.5. The van der Waals surface area contributed by atoms with Crippen molar-refractivity contribution in [1.29, 1.82) is 0 Å². The summed E-state index contributed by atoms with van der Waals surface area (Å²) in [7, 11) is -3.28. The molecule has 0 radical (unpaired) electrons. The van der Waals surface area contributed by atoms with Gasteiger partial charge in [0.2, 0.25) is 10.0 Å². The van der Waals surface area contributed by atoms with Crippen molar-refractivity contribution in [2.75, 3.05) is 25.4 Å². The first-order valence-electron chi connectivity index (χ1n) is 9.32. The highest BCUT2D eigenvalue weighted by atomic mass is 32.2. The summed E-state index contributed by atoms with van der Waals surface area (Å²) in [5.41, 5.74) is -4.35. The van der Waals surface area contributed by atoms with Gasteiger partial charge >= 0.3 is 11.6 Å². The van der Waals surface area contributed by atoms with Gasteiger partial charge in [-0.25, -0.2) is 17.5 Å². The Morgan fingerprint density at radius 1 is 1.17 bits per heavy atom. The van der Waals surface area contributed by atoms with Crippen LogP contribution >= 0.6 is 11.8 Å². The van der Waals surface area contributed by atoms with E-state index >= 15 is 0 Å². The number of thioether (sulfide) groups is 1. The molecule has 2 saturated heterocycles. The van der Waals surface area contributed by atoms with Gasteiger partial charge in [-0.2, -0.15) is 13.2 Å². The first-order chi connectivity index (χ1) is 13.5. The molecule has 162 valence electrons. The van der Waals surface area contributed by atoms with Crippen LogP contribution in [-0.2, 0) is 21.3 Å². The second-order valence-electron chi connectivity index (χ2n) is 7.31. The SMILES string of the molecule is CCCS(=O)(=O)N1CCC2(CC1)CN(Cc1ccc(SC(F)(F)F)cc1)C(=O)O2. The smallest absolute Gasteiger partial charge is 0.441 e. The molecule has 1 amide bonds. The summed E-state index contributed by atoms with van der Waals surface area (Å²) >= 11 is -0.183. The molecule has 2 heterocycles. The lowest BCUT2D eigenvalue weighted by Crippen LogP contribution is -2.49. The topological polar surface area (TPSA) is 66.9 Å². The van der Waals surface area contributed by atoms with E-state index in [1.807, 2.05) is 6.92 Å². The van der Waals surface area contributed by atoms with E-state index in [-0.39, 0.29) is 29.0 Å². The largest absolute Gasteiger partial charge is 0.446 e. The van der Waals surface area contributed by atoms with Crippen LogP contribution in [0, 0.1) is 0 Å². The lowest BCUT2D eigenvalue weighted by atomic mass is 9.92. The van der Waals surface area contributed by atoms with Crippen LogP contribution in [-0.4, -0.2) is 60.2 Å². The third kappa shape index (κ3) is 5.58. The maximum absolute atomic E-state index is 12.4. The maximum Gasteiger partial charge on any atom is 0.446 e. The third-order valence-corrected chi connectivity index (χ3v) is 7.88. The quantitative estimate of drug-likeness (QED) is 0.614. The standard InChI is InChI=1S/C18H23F3N2O4S2/c1-2-11-29(25,26)23-9-7-17(8-10-23)13-22(16(24)27-17)12-14-3-5-15(6-4-14)28-18(19,20)21/h3-6H,2,7-13H2,1H3. The van der Waals surface area contributed by atoms with Crippen molar-refractivity contribution in [3.8, 4) is 0 Å². The molecule has 0 aromatic heterocycles. The van der Waals surface area contributed by atoms with Gasteiger partial charge in [-0.05, 0) is 35.9 Å². The van der Waals surface area contributed by atoms with Gasteiger partial charge in [0, 0.05) is 37.4 Å². The highest BCUT2D eigenvalue weighted by Crippen LogP contribution is 2.37. The number of sulfonamides is 1. The molecule has 0 atom stereocenters. The summed E-state index contributed by atoms with van der Waals surface area (Å²) in [5.74, 6) is 0.106. The summed E-state index contributed by atoms with van der Waals surface area (Å²) in [6.07, 6.45) is 0.926. The molecule has 2 aliphatic heterocycles. The Morgan fingerprint density at radius 3 is 2.34 bits per heavy atom. The molecular formula is C18H23F3N2O4S2. The van der Waals surface area contributed by atoms with Crippen molar-refractivity contribution in [2.24, 2.45) is 0 Å². The molecule has 2 aliphatic rings. The molecule has 0 bridgehead atoms. The van der Waals surface area contributed by atoms with E-state index in [1.54, 1.807) is 12.1 Å². The van der Waals surface area contributed by atoms with E-state index in [1.165, 1.54) is 21.3 Å². The molecule has 0 aliphatic carbocycles. The van der Waals surface area contributed by atoms with Gasteiger partial charge in [-0.15, -0.1) is 0 Å². The highest BCUT2D eigenvalue weighted by molar-refractivity contribution is 8.00. The molecule has 2 fully saturated rings. The average molecular weight is 453 g/mol. The molecule has 1 aromatic carbocycles. The third-order valence-electron chi connectivity index (χ3n) is 5.06. The number of carbonyl (C=O) groups is 1. The van der Waals surface area contributed by atoms with E-state index in [0.717, 1.165) is 0 Å². The van der Waals surface area contributed by atoms with Crippen LogP contribution in [0.15, 0.2) is 29.2 Å². The minimum atomic E-state index is -4.34. The Hall–Kier alpha value is -1.46. The number of alkyl halides is 3. The van der Waals surface area contributed by atoms with Gasteiger partial charge in [0.05, 0.1) is 12.3 Å². The number of benzene rings is 1. The van der Waals surface area contributed by atoms with Crippen molar-refractivity contribution in [3.05, 3.63) is 29.8 Å². The van der Waals surface area contributed by atoms with Gasteiger partial charge in [-0.1, -0.05) is 19.1 Å². The van der Waals surface area contributed by atoms with Crippen LogP contribution in [0.25, 0.3) is 0 Å². The van der Waals surface area contributed by atoms with E-state index in [2.05, 4.69) is 0 Å². The van der Waals surface area contributed by atoms with Crippen molar-refractivity contribution in [3.63, 3.8) is 0 Å². The summed E-state index contributed by atoms with van der Waals surface area (Å²) in [6.45, 7) is 3.01. The number of hydrogen-bond acceptors (Lipinski definition) is 5. The molecule has 6 nitrogen and oxygen atoms in total. The zero-order chi connectivity index (χ0) is 21.3. The molecule has 29 heavy (non-hydrogen) atoms. The van der Waals surface area contributed by atoms with Crippen LogP contribution in [0.5, 0.6) is 0 Å². The van der Waals surface area contributed by atoms with Crippen LogP contribution in [0.4, 0.5) is 18.0 Å². The average Bonchev–Trinajstić information content (AvgIpc) is 2.90. The Balaban J connectivity index is 1.58. The molecule has 1 spiro atoms. The molecular weight excluding hydrogens is 429 g/mol. The molecule has 0 N–H and O–H groups in total. The molecule has 11 heteroatoms. The van der Waals surface area contributed by atoms with Crippen molar-refractivity contribution in [2.45, 2.75) is 48.7 Å². The molecule has 0 unspecified atom stereocenters. The number of nitrogens with zero attached hydrogens (tertiary/aromatic N) is 2. The first-order valence-corrected chi connectivity index (χ1v) is 11.7. The van der Waals surface area contributed by atoms with Crippen LogP contribution in [0.3, 0.4) is 0 Å². The van der Waals surface area contributed by atoms with Crippen molar-refractivity contribution >= 4 is 27.9 Å². The summed E-state index contributed by atoms with van der Waals surface area (Å²) in [5, 5.41) is 0. The Bertz CT molecular complexity index is 836. The zero-order valence-electron chi connectivity index (χ0n) is 15.9. The van der Waals surface area contributed by atoms with Crippen LogP contribution < -0.4 is 0 Å². The molecule has 3 rings (SSSR count). The summed E-state index contributed by atoms with van der Waals surface area (Å²) in [4.78, 5) is 13.9. The van der Waals surface area contributed by atoms with E-state index in [0.29, 0.717) is 44.5 Å². The lowest BCUT2D eigenvalue weighted by molar-refractivity contribution is -0.0328. The van der Waals surface area contributed by atoms with Crippen LogP contribution in [0.1, 0.15) is 31.7 Å². The Morgan fingerprint density at radius 2 is 1.79 bits per heavy atom. The monoisotopic (exact) mass is 452 g/mol. The number of ether oxygens (including phenoxy) is 1. The van der Waals surface area contributed by atoms with E-state index < -0.39 is 27.2 Å². The van der Waals surface area contributed by atoms with Crippen LogP contribution in [0.2, 0.25) is 0 Å². The fourth-order valence-electron chi connectivity index (χ4n) is 3.65. The maximum atomic E-state index is 12.4. The second kappa shape index (κ2) is 8.35. The van der Waals surface area contributed by atoms with Crippen molar-refractivity contribution in [1.82, 2.24) is 9.21 Å². The molecule has 0 saturated carbocycles. The summed E-state index contributed by atoms with van der Waals surface area (Å²) < 4.78 is 68.7. The number of piperidine rings is 1. The highest BCUT2D eigenvalue weighted by Gasteiger charge is 2.48. The van der Waals surface area contributed by atoms with Gasteiger partial charge in [0.25, 0.3) is 0 Å². The van der Waals surface area contributed by atoms with Gasteiger partial charge in [0.15, 0.2) is 0 Å². The first kappa shape index (κ1) is 22.2. The Labute approximate surface area is 172 Å². The fraction of sp³-hybridized carbons (Fsp3) is 0.611. The predicted molar refractivity (Wildman–Crippen MR) is 103 cm³/mol. The van der Waals surface area contributed by atoms with E-state index in [4.69, 9.17) is 4.74 Å². The minimum absolute atomic E-state index is 0.0855. The normalized spacial score (nSPS) is 20.3. The number of amides is 1. The van der Waals surface area contributed by atoms with E-state index in [9.17, 15) is 26.4 Å². The van der Waals surface area contributed by atoms with Gasteiger partial charge in [0.1, 0.15) is 5.60 Å². The number of halogens is 3. The number of rotatable bonds is 6. The fourth-order valence-corrected chi connectivity index (χ4v) is 5.70. The number of carbonyl (C=O) groups excluding carboxylic acids is 1. The zero-order valence-corrected chi connectivity index (χ0v) is 17.6. The predicted octanol–water partition coefficient (Wildman–Crippen LogP) is 3.83. The minimum Gasteiger partial charge on any atom is -0.441 e. The van der Waals surface area contributed by atoms with Gasteiger partial charge in [-0.3, -0.25) is 4.90 Å². The number of hydrogen-bond donors (Lipinski definition) is 0. The Kier molecular flexibility index (Phi) is 6.40. The van der Waals surface area contributed by atoms with Crippen molar-refractivity contribution < 1.29 is 31.1 Å². The van der Waals surface area contributed by atoms with Gasteiger partial charge < -0.3 is 4.74 Å². The molecule has 1 aromatic rings. The summed E-state index contributed by atoms with van der Waals surface area (Å²) in [6, 6.07) is 5.88. The lowest BCUT2D eigenvalue weighted by Gasteiger charge is -2.36.